The van der Waals surface area contributed by atoms with E-state index in [-0.39, 0.29) is 17.8 Å². The Kier molecular flexibility index (Phi) is 6.75. The van der Waals surface area contributed by atoms with Crippen LogP contribution in [0.4, 0.5) is 4.39 Å². The van der Waals surface area contributed by atoms with Crippen LogP contribution in [0.2, 0.25) is 10.0 Å². The second-order valence-electron chi connectivity index (χ2n) is 5.07. The quantitative estimate of drug-likeness (QED) is 0.751. The molecule has 0 aliphatic carbocycles. The van der Waals surface area contributed by atoms with Crippen molar-refractivity contribution in [1.29, 1.82) is 0 Å². The van der Waals surface area contributed by atoms with Gasteiger partial charge >= 0.3 is 0 Å². The van der Waals surface area contributed by atoms with Crippen molar-refractivity contribution in [2.45, 2.75) is 18.7 Å². The third-order valence-corrected chi connectivity index (χ3v) is 4.82. The summed E-state index contributed by atoms with van der Waals surface area (Å²) >= 11 is 13.4. The first kappa shape index (κ1) is 18.1. The van der Waals surface area contributed by atoms with Gasteiger partial charge in [0.1, 0.15) is 5.82 Å². The van der Waals surface area contributed by atoms with Crippen molar-refractivity contribution in [3.63, 3.8) is 0 Å². The average Bonchev–Trinajstić information content (AvgIpc) is 2.50. The minimum absolute atomic E-state index is 0.0723. The molecule has 2 rings (SSSR count). The molecule has 1 unspecified atom stereocenters. The summed E-state index contributed by atoms with van der Waals surface area (Å²) in [5.74, 6) is 0.596. The number of nitrogens with one attached hydrogen (secondary N) is 1. The summed E-state index contributed by atoms with van der Waals surface area (Å²) in [4.78, 5) is 12.0. The second-order valence-corrected chi connectivity index (χ2v) is 6.90. The summed E-state index contributed by atoms with van der Waals surface area (Å²) in [5.41, 5.74) is 1.81. The van der Waals surface area contributed by atoms with Gasteiger partial charge in [0.2, 0.25) is 5.91 Å². The van der Waals surface area contributed by atoms with Crippen LogP contribution in [0.15, 0.2) is 42.5 Å². The molecule has 0 fully saturated rings. The molecule has 6 heteroatoms. The Morgan fingerprint density at radius 2 is 1.91 bits per heavy atom. The Morgan fingerprint density at radius 3 is 2.57 bits per heavy atom. The largest absolute Gasteiger partial charge is 0.349 e. The van der Waals surface area contributed by atoms with Gasteiger partial charge in [-0.15, -0.1) is 11.8 Å². The highest BCUT2D eigenvalue weighted by molar-refractivity contribution is 7.99. The first-order chi connectivity index (χ1) is 11.0. The number of benzene rings is 2. The van der Waals surface area contributed by atoms with E-state index in [0.29, 0.717) is 21.6 Å². The van der Waals surface area contributed by atoms with E-state index >= 15 is 0 Å². The van der Waals surface area contributed by atoms with Gasteiger partial charge in [0.25, 0.3) is 0 Å². The van der Waals surface area contributed by atoms with Crippen LogP contribution in [0.1, 0.15) is 24.1 Å². The Balaban J connectivity index is 1.79. The van der Waals surface area contributed by atoms with Crippen LogP contribution in [-0.4, -0.2) is 11.7 Å². The molecule has 1 atom stereocenters. The van der Waals surface area contributed by atoms with Crippen molar-refractivity contribution in [3.8, 4) is 0 Å². The minimum atomic E-state index is -0.289. The Hall–Kier alpha value is -1.23. The lowest BCUT2D eigenvalue weighted by atomic mass is 10.1. The Morgan fingerprint density at radius 1 is 1.22 bits per heavy atom. The molecule has 2 nitrogen and oxygen atoms in total. The number of thioether (sulfide) groups is 1. The summed E-state index contributed by atoms with van der Waals surface area (Å²) < 4.78 is 12.9. The van der Waals surface area contributed by atoms with E-state index < -0.39 is 0 Å². The van der Waals surface area contributed by atoms with Crippen LogP contribution >= 0.6 is 35.0 Å². The number of carbonyl (C=O) groups is 1. The Labute approximate surface area is 149 Å². The molecule has 1 amide bonds. The summed E-state index contributed by atoms with van der Waals surface area (Å²) in [7, 11) is 0. The molecule has 0 aliphatic heterocycles. The van der Waals surface area contributed by atoms with Crippen molar-refractivity contribution < 1.29 is 9.18 Å². The summed E-state index contributed by atoms with van der Waals surface area (Å²) in [6, 6.07) is 11.3. The zero-order valence-electron chi connectivity index (χ0n) is 12.5. The maximum absolute atomic E-state index is 12.9. The summed E-state index contributed by atoms with van der Waals surface area (Å²) in [5, 5.41) is 4.08. The maximum Gasteiger partial charge on any atom is 0.230 e. The number of hydrogen-bond acceptors (Lipinski definition) is 2. The van der Waals surface area contributed by atoms with Crippen molar-refractivity contribution >= 4 is 40.9 Å². The van der Waals surface area contributed by atoms with Gasteiger partial charge in [0.15, 0.2) is 0 Å². The van der Waals surface area contributed by atoms with Gasteiger partial charge in [-0.2, -0.15) is 0 Å². The normalized spacial score (nSPS) is 12.0. The van der Waals surface area contributed by atoms with Gasteiger partial charge in [0.05, 0.1) is 11.8 Å². The highest BCUT2D eigenvalue weighted by atomic mass is 35.5. The van der Waals surface area contributed by atoms with E-state index in [0.717, 1.165) is 11.1 Å². The van der Waals surface area contributed by atoms with Crippen molar-refractivity contribution in [2.75, 3.05) is 5.75 Å². The highest BCUT2D eigenvalue weighted by Crippen LogP contribution is 2.24. The lowest BCUT2D eigenvalue weighted by Gasteiger charge is -2.14. The molecule has 0 radical (unpaired) electrons. The van der Waals surface area contributed by atoms with Gasteiger partial charge < -0.3 is 5.32 Å². The van der Waals surface area contributed by atoms with Crippen LogP contribution < -0.4 is 5.32 Å². The van der Waals surface area contributed by atoms with Crippen LogP contribution in [0.25, 0.3) is 0 Å². The van der Waals surface area contributed by atoms with Crippen molar-refractivity contribution in [3.05, 3.63) is 69.5 Å². The van der Waals surface area contributed by atoms with Crippen LogP contribution in [-0.2, 0) is 10.5 Å². The van der Waals surface area contributed by atoms with E-state index in [9.17, 15) is 9.18 Å². The molecular formula is C17H16Cl2FNOS. The highest BCUT2D eigenvalue weighted by Gasteiger charge is 2.10. The molecule has 1 N–H and O–H groups in total. The first-order valence-electron chi connectivity index (χ1n) is 7.02. The second kappa shape index (κ2) is 8.57. The molecule has 0 saturated heterocycles. The Bertz CT molecular complexity index is 679. The van der Waals surface area contributed by atoms with Crippen LogP contribution in [0, 0.1) is 5.82 Å². The van der Waals surface area contributed by atoms with Gasteiger partial charge in [-0.3, -0.25) is 4.79 Å². The fourth-order valence-corrected chi connectivity index (χ4v) is 3.41. The average molecular weight is 372 g/mol. The standard InChI is InChI=1S/C17H16Cl2FNOS/c1-11(12-3-6-15(20)7-4-12)21-17(22)10-23-9-13-2-5-14(18)8-16(13)19/h2-8,11H,9-10H2,1H3,(H,21,22). The lowest BCUT2D eigenvalue weighted by Crippen LogP contribution is -2.28. The molecular weight excluding hydrogens is 356 g/mol. The summed E-state index contributed by atoms with van der Waals surface area (Å²) in [6.45, 7) is 1.87. The fraction of sp³-hybridized carbons (Fsp3) is 0.235. The van der Waals surface area contributed by atoms with E-state index in [2.05, 4.69) is 5.32 Å². The molecule has 0 bridgehead atoms. The predicted molar refractivity (Wildman–Crippen MR) is 95.6 cm³/mol. The van der Waals surface area contributed by atoms with Gasteiger partial charge in [0, 0.05) is 15.8 Å². The SMILES string of the molecule is CC(NC(=O)CSCc1ccc(Cl)cc1Cl)c1ccc(F)cc1. The van der Waals surface area contributed by atoms with Crippen molar-refractivity contribution in [1.82, 2.24) is 5.32 Å². The third-order valence-electron chi connectivity index (χ3n) is 3.25. The minimum Gasteiger partial charge on any atom is -0.349 e. The van der Waals surface area contributed by atoms with Crippen LogP contribution in [0.3, 0.4) is 0 Å². The molecule has 122 valence electrons. The molecule has 2 aromatic carbocycles. The number of halogens is 3. The predicted octanol–water partition coefficient (Wildman–Crippen LogP) is 5.24. The topological polar surface area (TPSA) is 29.1 Å². The smallest absolute Gasteiger partial charge is 0.230 e. The zero-order valence-corrected chi connectivity index (χ0v) is 14.8. The molecule has 0 spiro atoms. The van der Waals surface area contributed by atoms with Gasteiger partial charge in [-0.05, 0) is 42.3 Å². The number of amides is 1. The van der Waals surface area contributed by atoms with E-state index in [1.807, 2.05) is 13.0 Å². The number of hydrogen-bond donors (Lipinski definition) is 1. The van der Waals surface area contributed by atoms with E-state index in [1.165, 1.54) is 23.9 Å². The van der Waals surface area contributed by atoms with Crippen molar-refractivity contribution in [2.24, 2.45) is 0 Å². The molecule has 0 heterocycles. The monoisotopic (exact) mass is 371 g/mol. The first-order valence-corrected chi connectivity index (χ1v) is 8.93. The molecule has 0 aromatic heterocycles. The third kappa shape index (κ3) is 5.72. The van der Waals surface area contributed by atoms with Gasteiger partial charge in [-0.1, -0.05) is 41.4 Å². The van der Waals surface area contributed by atoms with E-state index in [1.54, 1.807) is 24.3 Å². The number of rotatable bonds is 6. The molecule has 2 aromatic rings. The molecule has 23 heavy (non-hydrogen) atoms. The van der Waals surface area contributed by atoms with Gasteiger partial charge in [-0.25, -0.2) is 4.39 Å². The lowest BCUT2D eigenvalue weighted by molar-refractivity contribution is -0.119. The maximum atomic E-state index is 12.9. The fourth-order valence-electron chi connectivity index (χ4n) is 2.01. The van der Waals surface area contributed by atoms with E-state index in [4.69, 9.17) is 23.2 Å². The number of carbonyl (C=O) groups excluding carboxylic acids is 1. The summed E-state index contributed by atoms with van der Waals surface area (Å²) in [6.07, 6.45) is 0. The molecule has 0 aliphatic rings. The zero-order chi connectivity index (χ0) is 16.8. The molecule has 0 saturated carbocycles. The van der Waals surface area contributed by atoms with Crippen LogP contribution in [0.5, 0.6) is 0 Å².